The van der Waals surface area contributed by atoms with E-state index in [2.05, 4.69) is 42.3 Å². The van der Waals surface area contributed by atoms with E-state index < -0.39 is 0 Å². The zero-order valence-corrected chi connectivity index (χ0v) is 18.5. The standard InChI is InChI=1S/C25H30N4O2/c1-18-14-28(21(13-27-18)16-31-3)15-24(30)29-17-25(2,20-7-5-4-6-8-20)22-10-9-19(12-26)11-23(22)29/h4-11,18,21,27H,13-17H2,1-3H3/t18-,21-,25?/m1/s1. The molecule has 6 heteroatoms. The van der Waals surface area contributed by atoms with Crippen LogP contribution in [0, 0.1) is 11.3 Å². The molecule has 0 bridgehead atoms. The third-order valence-electron chi connectivity index (χ3n) is 6.62. The van der Waals surface area contributed by atoms with E-state index in [0.29, 0.717) is 31.3 Å². The van der Waals surface area contributed by atoms with Crippen LogP contribution in [0.1, 0.15) is 30.5 Å². The first-order valence-corrected chi connectivity index (χ1v) is 10.8. The lowest BCUT2D eigenvalue weighted by Crippen LogP contribution is -2.59. The molecular formula is C25H30N4O2. The summed E-state index contributed by atoms with van der Waals surface area (Å²) in [6.07, 6.45) is 0. The van der Waals surface area contributed by atoms with Gasteiger partial charge in [0.1, 0.15) is 0 Å². The average molecular weight is 419 g/mol. The molecule has 6 nitrogen and oxygen atoms in total. The molecular weight excluding hydrogens is 388 g/mol. The van der Waals surface area contributed by atoms with Gasteiger partial charge in [0, 0.05) is 49.9 Å². The topological polar surface area (TPSA) is 68.6 Å². The number of carbonyl (C=O) groups is 1. The number of carbonyl (C=O) groups excluding carboxylic acids is 1. The summed E-state index contributed by atoms with van der Waals surface area (Å²) in [7, 11) is 1.70. The molecule has 2 aliphatic rings. The number of methoxy groups -OCH3 is 1. The minimum Gasteiger partial charge on any atom is -0.383 e. The Labute approximate surface area is 184 Å². The van der Waals surface area contributed by atoms with E-state index >= 15 is 0 Å². The van der Waals surface area contributed by atoms with E-state index in [9.17, 15) is 10.1 Å². The van der Waals surface area contributed by atoms with Crippen LogP contribution in [0.3, 0.4) is 0 Å². The molecule has 31 heavy (non-hydrogen) atoms. The summed E-state index contributed by atoms with van der Waals surface area (Å²) >= 11 is 0. The van der Waals surface area contributed by atoms with Gasteiger partial charge >= 0.3 is 0 Å². The summed E-state index contributed by atoms with van der Waals surface area (Å²) in [5, 5.41) is 12.9. The van der Waals surface area contributed by atoms with E-state index in [1.807, 2.05) is 41.3 Å². The average Bonchev–Trinajstić information content (AvgIpc) is 3.09. The largest absolute Gasteiger partial charge is 0.383 e. The van der Waals surface area contributed by atoms with Gasteiger partial charge in [-0.25, -0.2) is 0 Å². The van der Waals surface area contributed by atoms with Crippen LogP contribution in [0.5, 0.6) is 0 Å². The van der Waals surface area contributed by atoms with Gasteiger partial charge in [0.15, 0.2) is 0 Å². The third-order valence-corrected chi connectivity index (χ3v) is 6.62. The van der Waals surface area contributed by atoms with Crippen molar-refractivity contribution in [2.75, 3.05) is 44.8 Å². The van der Waals surface area contributed by atoms with E-state index in [0.717, 1.165) is 24.3 Å². The molecule has 2 heterocycles. The predicted octanol–water partition coefficient (Wildman–Crippen LogP) is 2.52. The molecule has 1 unspecified atom stereocenters. The lowest BCUT2D eigenvalue weighted by atomic mass is 9.78. The molecule has 0 aliphatic carbocycles. The number of amides is 1. The number of fused-ring (bicyclic) bond motifs is 1. The number of rotatable bonds is 5. The summed E-state index contributed by atoms with van der Waals surface area (Å²) < 4.78 is 5.39. The second kappa shape index (κ2) is 8.80. The van der Waals surface area contributed by atoms with Crippen LogP contribution in [0.15, 0.2) is 48.5 Å². The van der Waals surface area contributed by atoms with Crippen LogP contribution in [0.2, 0.25) is 0 Å². The normalized spacial score (nSPS) is 25.8. The third kappa shape index (κ3) is 4.09. The van der Waals surface area contributed by atoms with Crippen molar-refractivity contribution < 1.29 is 9.53 Å². The van der Waals surface area contributed by atoms with Crippen molar-refractivity contribution in [1.29, 1.82) is 5.26 Å². The van der Waals surface area contributed by atoms with Crippen LogP contribution >= 0.6 is 0 Å². The fourth-order valence-electron chi connectivity index (χ4n) is 4.89. The number of hydrogen-bond donors (Lipinski definition) is 1. The Balaban J connectivity index is 1.65. The minimum atomic E-state index is -0.317. The first-order chi connectivity index (χ1) is 15.0. The van der Waals surface area contributed by atoms with Gasteiger partial charge in [-0.15, -0.1) is 0 Å². The maximum absolute atomic E-state index is 13.6. The van der Waals surface area contributed by atoms with Crippen LogP contribution in [0.25, 0.3) is 0 Å². The molecule has 0 saturated carbocycles. The molecule has 3 atom stereocenters. The second-order valence-corrected chi connectivity index (χ2v) is 8.87. The predicted molar refractivity (Wildman–Crippen MR) is 121 cm³/mol. The van der Waals surface area contributed by atoms with Crippen molar-refractivity contribution in [3.8, 4) is 6.07 Å². The Morgan fingerprint density at radius 1 is 1.29 bits per heavy atom. The maximum atomic E-state index is 13.6. The first kappa shape index (κ1) is 21.5. The fraction of sp³-hybridized carbons (Fsp3) is 0.440. The number of ether oxygens (including phenoxy) is 1. The van der Waals surface area contributed by atoms with Crippen LogP contribution in [-0.4, -0.2) is 62.8 Å². The van der Waals surface area contributed by atoms with Gasteiger partial charge < -0.3 is 15.0 Å². The highest BCUT2D eigenvalue weighted by atomic mass is 16.5. The molecule has 0 aromatic heterocycles. The van der Waals surface area contributed by atoms with Crippen molar-refractivity contribution >= 4 is 11.6 Å². The van der Waals surface area contributed by atoms with E-state index in [1.54, 1.807) is 7.11 Å². The van der Waals surface area contributed by atoms with Crippen molar-refractivity contribution in [3.63, 3.8) is 0 Å². The molecule has 1 saturated heterocycles. The lowest BCUT2D eigenvalue weighted by molar-refractivity contribution is -0.121. The molecule has 1 amide bonds. The van der Waals surface area contributed by atoms with E-state index in [4.69, 9.17) is 4.74 Å². The quantitative estimate of drug-likeness (QED) is 0.808. The van der Waals surface area contributed by atoms with Crippen LogP contribution in [0.4, 0.5) is 5.69 Å². The monoisotopic (exact) mass is 418 g/mol. The smallest absolute Gasteiger partial charge is 0.241 e. The molecule has 2 aliphatic heterocycles. The van der Waals surface area contributed by atoms with Crippen molar-refractivity contribution in [2.24, 2.45) is 0 Å². The van der Waals surface area contributed by atoms with Crippen molar-refractivity contribution in [1.82, 2.24) is 10.2 Å². The summed E-state index contributed by atoms with van der Waals surface area (Å²) in [6, 6.07) is 18.7. The Bertz CT molecular complexity index is 987. The van der Waals surface area contributed by atoms with Gasteiger partial charge in [0.2, 0.25) is 5.91 Å². The highest BCUT2D eigenvalue weighted by molar-refractivity contribution is 5.98. The summed E-state index contributed by atoms with van der Waals surface area (Å²) in [4.78, 5) is 17.7. The lowest BCUT2D eigenvalue weighted by Gasteiger charge is -2.39. The number of nitrogens with one attached hydrogen (secondary N) is 1. The maximum Gasteiger partial charge on any atom is 0.241 e. The Morgan fingerprint density at radius 3 is 2.77 bits per heavy atom. The van der Waals surface area contributed by atoms with Gasteiger partial charge in [-0.1, -0.05) is 36.4 Å². The molecule has 0 spiro atoms. The molecule has 2 aromatic rings. The van der Waals surface area contributed by atoms with Gasteiger partial charge in [0.25, 0.3) is 0 Å². The van der Waals surface area contributed by atoms with Gasteiger partial charge in [-0.2, -0.15) is 5.26 Å². The van der Waals surface area contributed by atoms with Crippen LogP contribution in [-0.2, 0) is 14.9 Å². The number of anilines is 1. The number of piperazine rings is 1. The van der Waals surface area contributed by atoms with Crippen molar-refractivity contribution in [2.45, 2.75) is 31.3 Å². The van der Waals surface area contributed by atoms with Gasteiger partial charge in [0.05, 0.1) is 24.8 Å². The first-order valence-electron chi connectivity index (χ1n) is 10.8. The second-order valence-electron chi connectivity index (χ2n) is 8.87. The van der Waals surface area contributed by atoms with Crippen molar-refractivity contribution in [3.05, 3.63) is 65.2 Å². The summed E-state index contributed by atoms with van der Waals surface area (Å²) in [6.45, 7) is 7.41. The summed E-state index contributed by atoms with van der Waals surface area (Å²) in [5.74, 6) is 0.0613. The SMILES string of the molecule is COC[C@H]1CN[C@H](C)CN1CC(=O)N1CC(C)(c2ccccc2)c2ccc(C#N)cc21. The summed E-state index contributed by atoms with van der Waals surface area (Å²) in [5.41, 5.74) is 3.37. The van der Waals surface area contributed by atoms with Gasteiger partial charge in [-0.3, -0.25) is 9.69 Å². The number of hydrogen-bond acceptors (Lipinski definition) is 5. The number of benzene rings is 2. The Kier molecular flexibility index (Phi) is 6.10. The molecule has 4 rings (SSSR count). The number of nitrogens with zero attached hydrogens (tertiary/aromatic N) is 3. The Hall–Kier alpha value is -2.72. The van der Waals surface area contributed by atoms with E-state index in [-0.39, 0.29) is 17.4 Å². The molecule has 162 valence electrons. The fourth-order valence-corrected chi connectivity index (χ4v) is 4.89. The van der Waals surface area contributed by atoms with E-state index in [1.165, 1.54) is 5.56 Å². The molecule has 2 aromatic carbocycles. The zero-order chi connectivity index (χ0) is 22.0. The zero-order valence-electron chi connectivity index (χ0n) is 18.5. The highest BCUT2D eigenvalue weighted by Gasteiger charge is 2.43. The molecule has 0 radical (unpaired) electrons. The molecule has 1 fully saturated rings. The van der Waals surface area contributed by atoms with Gasteiger partial charge in [-0.05, 0) is 37.1 Å². The van der Waals surface area contributed by atoms with Crippen LogP contribution < -0.4 is 10.2 Å². The minimum absolute atomic E-state index is 0.0613. The Morgan fingerprint density at radius 2 is 2.06 bits per heavy atom. The highest BCUT2D eigenvalue weighted by Crippen LogP contribution is 2.45. The number of nitriles is 1. The molecule has 1 N–H and O–H groups in total.